The van der Waals surface area contributed by atoms with Crippen LogP contribution in [0.1, 0.15) is 44.1 Å². The van der Waals surface area contributed by atoms with E-state index in [0.717, 1.165) is 25.9 Å². The third-order valence-electron chi connectivity index (χ3n) is 6.85. The van der Waals surface area contributed by atoms with Gasteiger partial charge in [-0.3, -0.25) is 9.69 Å². The summed E-state index contributed by atoms with van der Waals surface area (Å²) in [6.45, 7) is 2.11. The third-order valence-corrected chi connectivity index (χ3v) is 6.85. The Bertz CT molecular complexity index is 557. The number of hydrogen-bond donors (Lipinski definition) is 0. The fourth-order valence-corrected chi connectivity index (χ4v) is 5.75. The van der Waals surface area contributed by atoms with Crippen molar-refractivity contribution in [2.24, 2.45) is 11.8 Å². The summed E-state index contributed by atoms with van der Waals surface area (Å²) in [6, 6.07) is 11.1. The maximum Gasteiger partial charge on any atom is 0.141 e. The van der Waals surface area contributed by atoms with Gasteiger partial charge in [0.1, 0.15) is 5.78 Å². The van der Waals surface area contributed by atoms with Crippen molar-refractivity contribution in [3.63, 3.8) is 0 Å². The monoisotopic (exact) mass is 281 g/mol. The van der Waals surface area contributed by atoms with Crippen LogP contribution < -0.4 is 0 Å². The number of piperidine rings is 1. The van der Waals surface area contributed by atoms with Gasteiger partial charge in [-0.1, -0.05) is 36.8 Å². The highest BCUT2D eigenvalue weighted by atomic mass is 16.1. The number of Topliss-reactive ketones (excluding diaryl/α,β-unsaturated/α-hetero) is 1. The van der Waals surface area contributed by atoms with Gasteiger partial charge in [0.2, 0.25) is 0 Å². The summed E-state index contributed by atoms with van der Waals surface area (Å²) in [4.78, 5) is 15.0. The molecule has 0 aromatic heterocycles. The Balaban J connectivity index is 1.33. The Morgan fingerprint density at radius 2 is 1.57 bits per heavy atom. The summed E-state index contributed by atoms with van der Waals surface area (Å²) in [5.41, 5.74) is 2.49. The summed E-state index contributed by atoms with van der Waals surface area (Å²) in [7, 11) is 0. The molecule has 0 spiro atoms. The molecule has 1 aromatic carbocycles. The summed E-state index contributed by atoms with van der Waals surface area (Å²) in [5.74, 6) is 1.31. The highest BCUT2D eigenvalue weighted by Gasteiger charge is 2.71. The SMILES string of the molecule is O=C1[C@@H]2CCC[C@H]1CN(C13CC(c4ccccc4)(C1)C3)C2. The molecule has 4 bridgehead atoms. The van der Waals surface area contributed by atoms with Gasteiger partial charge in [-0.05, 0) is 37.7 Å². The summed E-state index contributed by atoms with van der Waals surface area (Å²) < 4.78 is 0. The number of benzene rings is 1. The lowest BCUT2D eigenvalue weighted by molar-refractivity contribution is -0.190. The summed E-state index contributed by atoms with van der Waals surface area (Å²) in [6.07, 6.45) is 7.56. The number of ketones is 1. The van der Waals surface area contributed by atoms with E-state index in [4.69, 9.17) is 0 Å². The van der Waals surface area contributed by atoms with Crippen molar-refractivity contribution in [3.8, 4) is 0 Å². The molecule has 6 rings (SSSR count). The highest BCUT2D eigenvalue weighted by Crippen LogP contribution is 2.70. The van der Waals surface area contributed by atoms with Crippen LogP contribution in [0.3, 0.4) is 0 Å². The predicted molar refractivity (Wildman–Crippen MR) is 82.1 cm³/mol. The molecule has 2 nitrogen and oxygen atoms in total. The predicted octanol–water partition coefficient (Wildman–Crippen LogP) is 3.16. The van der Waals surface area contributed by atoms with Crippen molar-refractivity contribution >= 4 is 5.78 Å². The zero-order valence-corrected chi connectivity index (χ0v) is 12.6. The minimum Gasteiger partial charge on any atom is -0.299 e. The standard InChI is InChI=1S/C19H23NO/c21-17-14-5-4-6-15(17)10-20(9-14)19-11-18(12-19,13-19)16-7-2-1-3-8-16/h1-3,7-8,14-15H,4-6,9-13H2/t14-,15+,18?,19?. The summed E-state index contributed by atoms with van der Waals surface area (Å²) in [5, 5.41) is 0. The van der Waals surface area contributed by atoms with Crippen molar-refractivity contribution in [2.45, 2.75) is 49.5 Å². The second kappa shape index (κ2) is 3.98. The molecule has 0 amide bonds. The topological polar surface area (TPSA) is 20.3 Å². The van der Waals surface area contributed by atoms with Crippen LogP contribution >= 0.6 is 0 Å². The molecule has 0 N–H and O–H groups in total. The van der Waals surface area contributed by atoms with E-state index < -0.39 is 0 Å². The van der Waals surface area contributed by atoms with Gasteiger partial charge in [0.25, 0.3) is 0 Å². The van der Waals surface area contributed by atoms with Crippen LogP contribution in [0.4, 0.5) is 0 Å². The minimum absolute atomic E-state index is 0.360. The van der Waals surface area contributed by atoms with Gasteiger partial charge in [0.15, 0.2) is 0 Å². The normalized spacial score (nSPS) is 44.9. The Kier molecular flexibility index (Phi) is 2.35. The molecule has 0 radical (unpaired) electrons. The smallest absolute Gasteiger partial charge is 0.141 e. The number of hydrogen-bond acceptors (Lipinski definition) is 2. The molecule has 2 heteroatoms. The molecule has 2 atom stereocenters. The lowest BCUT2D eigenvalue weighted by atomic mass is 9.36. The lowest BCUT2D eigenvalue weighted by Gasteiger charge is -2.75. The maximum atomic E-state index is 12.3. The fraction of sp³-hybridized carbons (Fsp3) is 0.632. The highest BCUT2D eigenvalue weighted by molar-refractivity contribution is 5.85. The second-order valence-corrected chi connectivity index (χ2v) is 8.03. The van der Waals surface area contributed by atoms with Crippen molar-refractivity contribution < 1.29 is 4.79 Å². The average Bonchev–Trinajstić information content (AvgIpc) is 2.38. The minimum atomic E-state index is 0.360. The largest absolute Gasteiger partial charge is 0.299 e. The van der Waals surface area contributed by atoms with Crippen LogP contribution in [-0.2, 0) is 10.2 Å². The van der Waals surface area contributed by atoms with Crippen molar-refractivity contribution in [3.05, 3.63) is 35.9 Å². The Morgan fingerprint density at radius 3 is 2.19 bits per heavy atom. The molecule has 4 aliphatic carbocycles. The zero-order chi connectivity index (χ0) is 14.1. The van der Waals surface area contributed by atoms with Crippen LogP contribution in [-0.4, -0.2) is 29.3 Å². The van der Waals surface area contributed by atoms with Gasteiger partial charge in [-0.15, -0.1) is 0 Å². The van der Waals surface area contributed by atoms with Gasteiger partial charge in [0, 0.05) is 35.9 Å². The van der Waals surface area contributed by atoms with Crippen LogP contribution in [0, 0.1) is 11.8 Å². The molecule has 110 valence electrons. The van der Waals surface area contributed by atoms with E-state index in [9.17, 15) is 4.79 Å². The van der Waals surface area contributed by atoms with Gasteiger partial charge in [-0.25, -0.2) is 0 Å². The van der Waals surface area contributed by atoms with Crippen molar-refractivity contribution in [1.29, 1.82) is 0 Å². The third kappa shape index (κ3) is 1.55. The molecule has 1 aliphatic heterocycles. The van der Waals surface area contributed by atoms with Crippen molar-refractivity contribution in [1.82, 2.24) is 4.90 Å². The lowest BCUT2D eigenvalue weighted by Crippen LogP contribution is -2.78. The molecule has 1 saturated heterocycles. The first-order valence-electron chi connectivity index (χ1n) is 8.55. The first-order valence-corrected chi connectivity index (χ1v) is 8.55. The number of carbonyl (C=O) groups excluding carboxylic acids is 1. The molecule has 5 aliphatic rings. The van der Waals surface area contributed by atoms with Crippen LogP contribution in [0.2, 0.25) is 0 Å². The van der Waals surface area contributed by atoms with E-state index in [-0.39, 0.29) is 0 Å². The van der Waals surface area contributed by atoms with Crippen LogP contribution in [0.5, 0.6) is 0 Å². The van der Waals surface area contributed by atoms with E-state index in [1.165, 1.54) is 25.7 Å². The fourth-order valence-electron chi connectivity index (χ4n) is 5.75. The molecule has 4 saturated carbocycles. The molecule has 1 heterocycles. The number of rotatable bonds is 2. The molecule has 5 fully saturated rings. The summed E-state index contributed by atoms with van der Waals surface area (Å²) >= 11 is 0. The van der Waals surface area contributed by atoms with Gasteiger partial charge >= 0.3 is 0 Å². The van der Waals surface area contributed by atoms with E-state index in [1.54, 1.807) is 5.56 Å². The first kappa shape index (κ1) is 12.4. The zero-order valence-electron chi connectivity index (χ0n) is 12.6. The van der Waals surface area contributed by atoms with E-state index >= 15 is 0 Å². The Morgan fingerprint density at radius 1 is 0.952 bits per heavy atom. The maximum absolute atomic E-state index is 12.3. The average molecular weight is 281 g/mol. The first-order chi connectivity index (χ1) is 10.2. The van der Waals surface area contributed by atoms with Crippen molar-refractivity contribution in [2.75, 3.05) is 13.1 Å². The van der Waals surface area contributed by atoms with Gasteiger partial charge < -0.3 is 0 Å². The van der Waals surface area contributed by atoms with Gasteiger partial charge in [-0.2, -0.15) is 0 Å². The molecule has 1 aromatic rings. The number of likely N-dealkylation sites (tertiary alicyclic amines) is 1. The van der Waals surface area contributed by atoms with E-state index in [2.05, 4.69) is 35.2 Å². The number of nitrogens with zero attached hydrogens (tertiary/aromatic N) is 1. The molecule has 0 unspecified atom stereocenters. The van der Waals surface area contributed by atoms with E-state index in [0.29, 0.717) is 28.6 Å². The number of carbonyl (C=O) groups is 1. The van der Waals surface area contributed by atoms with Gasteiger partial charge in [0.05, 0.1) is 0 Å². The quantitative estimate of drug-likeness (QED) is 0.830. The van der Waals surface area contributed by atoms with Crippen LogP contribution in [0.25, 0.3) is 0 Å². The van der Waals surface area contributed by atoms with Crippen LogP contribution in [0.15, 0.2) is 30.3 Å². The number of fused-ring (bicyclic) bond motifs is 2. The molecule has 21 heavy (non-hydrogen) atoms. The molecular formula is C19H23NO. The second-order valence-electron chi connectivity index (χ2n) is 8.03. The molecular weight excluding hydrogens is 258 g/mol. The Hall–Kier alpha value is -1.15. The van der Waals surface area contributed by atoms with E-state index in [1.807, 2.05) is 0 Å². The Labute approximate surface area is 126 Å².